The second-order valence-corrected chi connectivity index (χ2v) is 10.1. The zero-order valence-electron chi connectivity index (χ0n) is 22.0. The molecule has 202 valence electrons. The summed E-state index contributed by atoms with van der Waals surface area (Å²) in [6.07, 6.45) is 4.37. The number of fused-ring (bicyclic) bond motifs is 4. The van der Waals surface area contributed by atoms with Crippen LogP contribution in [-0.2, 0) is 6.54 Å². The van der Waals surface area contributed by atoms with E-state index in [9.17, 15) is 0 Å². The fraction of sp³-hybridized carbons (Fsp3) is 0.286. The van der Waals surface area contributed by atoms with Gasteiger partial charge in [-0.05, 0) is 30.7 Å². The lowest BCUT2D eigenvalue weighted by atomic mass is 10.2. The van der Waals surface area contributed by atoms with Crippen molar-refractivity contribution >= 4 is 50.7 Å². The Labute approximate surface area is 235 Å². The topological polar surface area (TPSA) is 102 Å². The number of hydrogen-bond acceptors (Lipinski definition) is 9. The Kier molecular flexibility index (Phi) is 6.27. The van der Waals surface area contributed by atoms with Crippen LogP contribution in [0.25, 0.3) is 27.6 Å². The molecule has 0 aliphatic carbocycles. The number of imidazole rings is 1. The van der Waals surface area contributed by atoms with Crippen LogP contribution in [0.4, 0.5) is 11.5 Å². The summed E-state index contributed by atoms with van der Waals surface area (Å²) in [6.45, 7) is 6.66. The second-order valence-electron chi connectivity index (χ2n) is 9.75. The van der Waals surface area contributed by atoms with Crippen molar-refractivity contribution in [2.24, 2.45) is 0 Å². The Hall–Kier alpha value is -4.51. The van der Waals surface area contributed by atoms with Gasteiger partial charge in [-0.3, -0.25) is 0 Å². The first-order valence-corrected chi connectivity index (χ1v) is 13.7. The predicted molar refractivity (Wildman–Crippen MR) is 154 cm³/mol. The minimum absolute atomic E-state index is 0.390. The second kappa shape index (κ2) is 10.2. The van der Waals surface area contributed by atoms with Gasteiger partial charge in [-0.1, -0.05) is 42.8 Å². The first-order valence-electron chi connectivity index (χ1n) is 13.4. The summed E-state index contributed by atoms with van der Waals surface area (Å²) in [5.41, 5.74) is 3.36. The summed E-state index contributed by atoms with van der Waals surface area (Å²) in [7, 11) is 0. The average Bonchev–Trinajstić information content (AvgIpc) is 3.61. The molecule has 1 saturated heterocycles. The molecule has 6 aromatic rings. The van der Waals surface area contributed by atoms with Crippen molar-refractivity contribution in [2.75, 3.05) is 42.6 Å². The standard InChI is InChI=1S/C28H27ClN10O/c1-2-15-40-20-9-7-19(8-10-20)36-11-13-37(14-12-36)27-24-28(31-17-30-27)38(18-32-24)16-23-33-34-26-22-6-4-3-5-21(22)25(29)35-39(23)26/h3-10,17-18H,2,11-16H2,1H3. The van der Waals surface area contributed by atoms with Crippen LogP contribution in [0.2, 0.25) is 5.15 Å². The van der Waals surface area contributed by atoms with Crippen molar-refractivity contribution in [3.05, 3.63) is 72.2 Å². The van der Waals surface area contributed by atoms with Gasteiger partial charge in [0.15, 0.2) is 33.6 Å². The molecule has 0 amide bonds. The van der Waals surface area contributed by atoms with Crippen LogP contribution in [0.1, 0.15) is 19.2 Å². The first kappa shape index (κ1) is 24.5. The number of ether oxygens (including phenoxy) is 1. The van der Waals surface area contributed by atoms with Gasteiger partial charge in [0.2, 0.25) is 0 Å². The van der Waals surface area contributed by atoms with Gasteiger partial charge < -0.3 is 19.1 Å². The normalized spacial score (nSPS) is 14.1. The van der Waals surface area contributed by atoms with E-state index in [2.05, 4.69) is 54.1 Å². The van der Waals surface area contributed by atoms with Crippen molar-refractivity contribution in [1.29, 1.82) is 0 Å². The predicted octanol–water partition coefficient (Wildman–Crippen LogP) is 4.23. The lowest BCUT2D eigenvalue weighted by Crippen LogP contribution is -2.47. The maximum atomic E-state index is 6.48. The SMILES string of the molecule is CCCOc1ccc(N2CCN(c3ncnc4c3ncn4Cc3nnc4c5ccccc5c(Cl)nn34)CC2)cc1. The molecule has 0 N–H and O–H groups in total. The molecule has 1 aliphatic heterocycles. The molecule has 0 bridgehead atoms. The lowest BCUT2D eigenvalue weighted by Gasteiger charge is -2.36. The van der Waals surface area contributed by atoms with Gasteiger partial charge >= 0.3 is 0 Å². The largest absolute Gasteiger partial charge is 0.494 e. The summed E-state index contributed by atoms with van der Waals surface area (Å²) >= 11 is 6.48. The fourth-order valence-corrected chi connectivity index (χ4v) is 5.44. The van der Waals surface area contributed by atoms with Gasteiger partial charge in [0.1, 0.15) is 12.1 Å². The highest BCUT2D eigenvalue weighted by Gasteiger charge is 2.23. The van der Waals surface area contributed by atoms with Crippen molar-refractivity contribution in [3.63, 3.8) is 0 Å². The van der Waals surface area contributed by atoms with Crippen LogP contribution in [0.3, 0.4) is 0 Å². The Balaban J connectivity index is 1.11. The lowest BCUT2D eigenvalue weighted by molar-refractivity contribution is 0.317. The molecule has 0 saturated carbocycles. The number of hydrogen-bond donors (Lipinski definition) is 0. The maximum Gasteiger partial charge on any atom is 0.185 e. The highest BCUT2D eigenvalue weighted by molar-refractivity contribution is 6.34. The zero-order valence-corrected chi connectivity index (χ0v) is 22.7. The Morgan fingerprint density at radius 2 is 1.62 bits per heavy atom. The van der Waals surface area contributed by atoms with Gasteiger partial charge in [-0.25, -0.2) is 15.0 Å². The molecule has 0 unspecified atom stereocenters. The van der Waals surface area contributed by atoms with Crippen LogP contribution in [-0.4, -0.2) is 72.1 Å². The number of aromatic nitrogens is 8. The van der Waals surface area contributed by atoms with Gasteiger partial charge in [0.25, 0.3) is 0 Å². The molecule has 1 aliphatic rings. The van der Waals surface area contributed by atoms with E-state index in [0.29, 0.717) is 23.2 Å². The van der Waals surface area contributed by atoms with Crippen LogP contribution in [0.5, 0.6) is 5.75 Å². The third-order valence-electron chi connectivity index (χ3n) is 7.23. The average molecular weight is 555 g/mol. The third kappa shape index (κ3) is 4.32. The zero-order chi connectivity index (χ0) is 27.1. The monoisotopic (exact) mass is 554 g/mol. The van der Waals surface area contributed by atoms with Gasteiger partial charge in [0, 0.05) is 42.6 Å². The summed E-state index contributed by atoms with van der Waals surface area (Å²) in [4.78, 5) is 18.5. The number of benzene rings is 2. The smallest absolute Gasteiger partial charge is 0.185 e. The minimum atomic E-state index is 0.390. The highest BCUT2D eigenvalue weighted by atomic mass is 35.5. The Morgan fingerprint density at radius 3 is 2.42 bits per heavy atom. The van der Waals surface area contributed by atoms with E-state index in [0.717, 1.165) is 72.7 Å². The van der Waals surface area contributed by atoms with E-state index >= 15 is 0 Å². The van der Waals surface area contributed by atoms with E-state index in [-0.39, 0.29) is 0 Å². The summed E-state index contributed by atoms with van der Waals surface area (Å²) in [5.74, 6) is 2.39. The number of anilines is 2. The van der Waals surface area contributed by atoms with E-state index in [1.54, 1.807) is 17.2 Å². The molecule has 1 fully saturated rings. The molecular formula is C28H27ClN10O. The molecule has 7 rings (SSSR count). The van der Waals surface area contributed by atoms with Gasteiger partial charge in [0.05, 0.1) is 19.5 Å². The summed E-state index contributed by atoms with van der Waals surface area (Å²) < 4.78 is 9.36. The molecule has 11 nitrogen and oxygen atoms in total. The van der Waals surface area contributed by atoms with Crippen molar-refractivity contribution < 1.29 is 4.74 Å². The van der Waals surface area contributed by atoms with Gasteiger partial charge in [-0.2, -0.15) is 9.61 Å². The molecule has 5 heterocycles. The molecule has 12 heteroatoms. The van der Waals surface area contributed by atoms with Crippen LogP contribution in [0.15, 0.2) is 61.2 Å². The summed E-state index contributed by atoms with van der Waals surface area (Å²) in [6, 6.07) is 16.1. The van der Waals surface area contributed by atoms with Crippen molar-refractivity contribution in [1.82, 2.24) is 39.3 Å². The Morgan fingerprint density at radius 1 is 0.850 bits per heavy atom. The van der Waals surface area contributed by atoms with E-state index in [1.165, 1.54) is 5.69 Å². The fourth-order valence-electron chi connectivity index (χ4n) is 5.20. The molecular weight excluding hydrogens is 528 g/mol. The quantitative estimate of drug-likeness (QED) is 0.287. The van der Waals surface area contributed by atoms with Crippen LogP contribution < -0.4 is 14.5 Å². The molecule has 0 atom stereocenters. The molecule has 2 aromatic carbocycles. The van der Waals surface area contributed by atoms with E-state index in [4.69, 9.17) is 21.3 Å². The molecule has 0 radical (unpaired) electrons. The number of piperazine rings is 1. The first-order chi connectivity index (χ1) is 19.7. The van der Waals surface area contributed by atoms with Crippen molar-refractivity contribution in [3.8, 4) is 5.75 Å². The molecule has 0 spiro atoms. The molecule has 4 aromatic heterocycles. The van der Waals surface area contributed by atoms with E-state index in [1.807, 2.05) is 41.0 Å². The summed E-state index contributed by atoms with van der Waals surface area (Å²) in [5, 5.41) is 15.5. The number of nitrogens with zero attached hydrogens (tertiary/aromatic N) is 10. The third-order valence-corrected chi connectivity index (χ3v) is 7.51. The van der Waals surface area contributed by atoms with Crippen molar-refractivity contribution in [2.45, 2.75) is 19.9 Å². The molecule has 40 heavy (non-hydrogen) atoms. The number of rotatable bonds is 7. The van der Waals surface area contributed by atoms with E-state index < -0.39 is 0 Å². The van der Waals surface area contributed by atoms with Crippen LogP contribution in [0, 0.1) is 0 Å². The number of halogens is 1. The van der Waals surface area contributed by atoms with Crippen LogP contribution >= 0.6 is 11.6 Å². The Bertz CT molecular complexity index is 1810. The van der Waals surface area contributed by atoms with Gasteiger partial charge in [-0.15, -0.1) is 10.2 Å². The highest BCUT2D eigenvalue weighted by Crippen LogP contribution is 2.27. The minimum Gasteiger partial charge on any atom is -0.494 e. The maximum absolute atomic E-state index is 6.48.